The Kier molecular flexibility index (Phi) is 3.92. The lowest BCUT2D eigenvalue weighted by atomic mass is 9.52. The van der Waals surface area contributed by atoms with E-state index < -0.39 is 0 Å². The molecule has 0 spiro atoms. The molecular formula is C18H28O2. The van der Waals surface area contributed by atoms with Crippen molar-refractivity contribution in [3.05, 3.63) is 11.6 Å². The second-order valence-corrected chi connectivity index (χ2v) is 7.48. The van der Waals surface area contributed by atoms with Gasteiger partial charge in [0, 0.05) is 5.57 Å². The highest BCUT2D eigenvalue weighted by Crippen LogP contribution is 2.57. The molecule has 0 radical (unpaired) electrons. The minimum absolute atomic E-state index is 0.0318. The highest BCUT2D eigenvalue weighted by molar-refractivity contribution is 5.87. The van der Waals surface area contributed by atoms with Crippen LogP contribution in [0.25, 0.3) is 0 Å². The van der Waals surface area contributed by atoms with Crippen LogP contribution in [0, 0.1) is 29.6 Å². The maximum atomic E-state index is 12.1. The van der Waals surface area contributed by atoms with E-state index in [0.29, 0.717) is 5.92 Å². The number of allylic oxidation sites excluding steroid dienone is 1. The summed E-state index contributed by atoms with van der Waals surface area (Å²) in [5.41, 5.74) is 0.836. The van der Waals surface area contributed by atoms with Crippen LogP contribution in [0.1, 0.15) is 59.3 Å². The maximum absolute atomic E-state index is 12.1. The third kappa shape index (κ3) is 2.66. The monoisotopic (exact) mass is 276 g/mol. The predicted octanol–water partition coefficient (Wildman–Crippen LogP) is 4.35. The van der Waals surface area contributed by atoms with E-state index in [1.165, 1.54) is 32.1 Å². The molecule has 4 saturated carbocycles. The molecule has 4 aliphatic carbocycles. The topological polar surface area (TPSA) is 26.3 Å². The fraction of sp³-hybridized carbons (Fsp3) is 0.833. The Balaban J connectivity index is 1.67. The Morgan fingerprint density at radius 2 is 1.70 bits per heavy atom. The molecular weight excluding hydrogens is 248 g/mol. The SMILES string of the molecule is CCC(C)OC(=O)C(C)=CC1C2CC3CC(C2)CC1C3. The summed E-state index contributed by atoms with van der Waals surface area (Å²) in [4.78, 5) is 12.1. The third-order valence-corrected chi connectivity index (χ3v) is 5.95. The third-order valence-electron chi connectivity index (χ3n) is 5.95. The smallest absolute Gasteiger partial charge is 0.333 e. The van der Waals surface area contributed by atoms with Gasteiger partial charge in [-0.05, 0) is 82.0 Å². The fourth-order valence-electron chi connectivity index (χ4n) is 4.96. The second kappa shape index (κ2) is 5.54. The molecule has 4 aliphatic rings. The van der Waals surface area contributed by atoms with E-state index in [2.05, 4.69) is 13.0 Å². The Labute approximate surface area is 123 Å². The first kappa shape index (κ1) is 14.2. The van der Waals surface area contributed by atoms with Gasteiger partial charge in [-0.25, -0.2) is 4.79 Å². The average molecular weight is 276 g/mol. The summed E-state index contributed by atoms with van der Waals surface area (Å²) in [5, 5.41) is 0. The normalized spacial score (nSPS) is 40.8. The van der Waals surface area contributed by atoms with Gasteiger partial charge in [0.25, 0.3) is 0 Å². The van der Waals surface area contributed by atoms with Gasteiger partial charge in [-0.1, -0.05) is 13.0 Å². The van der Waals surface area contributed by atoms with E-state index in [0.717, 1.165) is 35.7 Å². The quantitative estimate of drug-likeness (QED) is 0.564. The molecule has 0 heterocycles. The van der Waals surface area contributed by atoms with E-state index in [1.807, 2.05) is 13.8 Å². The molecule has 0 aliphatic heterocycles. The molecule has 20 heavy (non-hydrogen) atoms. The van der Waals surface area contributed by atoms with Crippen molar-refractivity contribution < 1.29 is 9.53 Å². The first-order valence-electron chi connectivity index (χ1n) is 8.46. The highest BCUT2D eigenvalue weighted by atomic mass is 16.5. The number of carbonyl (C=O) groups excluding carboxylic acids is 1. The summed E-state index contributed by atoms with van der Waals surface area (Å²) in [6, 6.07) is 0. The second-order valence-electron chi connectivity index (χ2n) is 7.48. The Bertz CT molecular complexity index is 382. The van der Waals surface area contributed by atoms with E-state index in [4.69, 9.17) is 4.74 Å². The zero-order valence-corrected chi connectivity index (χ0v) is 13.1. The Hall–Kier alpha value is -0.790. The number of hydrogen-bond acceptors (Lipinski definition) is 2. The lowest BCUT2D eigenvalue weighted by Crippen LogP contribution is -2.44. The van der Waals surface area contributed by atoms with Gasteiger partial charge in [-0.2, -0.15) is 0 Å². The molecule has 0 aromatic heterocycles. The van der Waals surface area contributed by atoms with Crippen molar-refractivity contribution in [3.63, 3.8) is 0 Å². The number of esters is 1. The zero-order valence-electron chi connectivity index (χ0n) is 13.1. The lowest BCUT2D eigenvalue weighted by molar-refractivity contribution is -0.143. The Morgan fingerprint density at radius 1 is 1.15 bits per heavy atom. The van der Waals surface area contributed by atoms with Crippen LogP contribution in [0.15, 0.2) is 11.6 Å². The zero-order chi connectivity index (χ0) is 14.3. The summed E-state index contributed by atoms with van der Waals surface area (Å²) < 4.78 is 5.45. The summed E-state index contributed by atoms with van der Waals surface area (Å²) in [7, 11) is 0. The standard InChI is InChI=1S/C18H28O2/c1-4-12(3)20-18(19)11(2)5-17-15-7-13-6-14(9-15)10-16(17)8-13/h5,12-17H,4,6-10H2,1-3H3. The van der Waals surface area contributed by atoms with Gasteiger partial charge in [0.05, 0.1) is 6.10 Å². The van der Waals surface area contributed by atoms with Crippen LogP contribution in [-0.2, 0) is 9.53 Å². The largest absolute Gasteiger partial charge is 0.459 e. The number of ether oxygens (including phenoxy) is 1. The van der Waals surface area contributed by atoms with Crippen molar-refractivity contribution in [1.29, 1.82) is 0 Å². The lowest BCUT2D eigenvalue weighted by Gasteiger charge is -2.53. The predicted molar refractivity (Wildman–Crippen MR) is 80.1 cm³/mol. The van der Waals surface area contributed by atoms with Crippen molar-refractivity contribution in [2.75, 3.05) is 0 Å². The summed E-state index contributed by atoms with van der Waals surface area (Å²) in [6.07, 6.45) is 10.3. The fourth-order valence-corrected chi connectivity index (χ4v) is 4.96. The van der Waals surface area contributed by atoms with Gasteiger partial charge < -0.3 is 4.74 Å². The molecule has 0 aromatic carbocycles. The van der Waals surface area contributed by atoms with Crippen molar-refractivity contribution in [2.24, 2.45) is 29.6 Å². The van der Waals surface area contributed by atoms with Crippen LogP contribution in [0.3, 0.4) is 0 Å². The van der Waals surface area contributed by atoms with E-state index in [9.17, 15) is 4.79 Å². The van der Waals surface area contributed by atoms with Gasteiger partial charge >= 0.3 is 5.97 Å². The van der Waals surface area contributed by atoms with Crippen molar-refractivity contribution in [3.8, 4) is 0 Å². The van der Waals surface area contributed by atoms with Crippen LogP contribution in [0.4, 0.5) is 0 Å². The average Bonchev–Trinajstić information content (AvgIpc) is 2.41. The van der Waals surface area contributed by atoms with Crippen LogP contribution in [-0.4, -0.2) is 12.1 Å². The molecule has 112 valence electrons. The van der Waals surface area contributed by atoms with Crippen molar-refractivity contribution in [1.82, 2.24) is 0 Å². The van der Waals surface area contributed by atoms with Crippen LogP contribution in [0.5, 0.6) is 0 Å². The molecule has 1 unspecified atom stereocenters. The molecule has 2 heteroatoms. The van der Waals surface area contributed by atoms with Crippen LogP contribution >= 0.6 is 0 Å². The van der Waals surface area contributed by atoms with Gasteiger partial charge in [0.1, 0.15) is 0 Å². The van der Waals surface area contributed by atoms with Gasteiger partial charge in [-0.3, -0.25) is 0 Å². The molecule has 4 rings (SSSR count). The van der Waals surface area contributed by atoms with Crippen molar-refractivity contribution >= 4 is 5.97 Å². The van der Waals surface area contributed by atoms with Crippen LogP contribution < -0.4 is 0 Å². The molecule has 0 N–H and O–H groups in total. The van der Waals surface area contributed by atoms with Gasteiger partial charge in [0.2, 0.25) is 0 Å². The van der Waals surface area contributed by atoms with Crippen LogP contribution in [0.2, 0.25) is 0 Å². The van der Waals surface area contributed by atoms with Gasteiger partial charge in [0.15, 0.2) is 0 Å². The number of rotatable bonds is 4. The van der Waals surface area contributed by atoms with E-state index in [1.54, 1.807) is 0 Å². The molecule has 0 saturated heterocycles. The molecule has 4 fully saturated rings. The van der Waals surface area contributed by atoms with E-state index >= 15 is 0 Å². The van der Waals surface area contributed by atoms with E-state index in [-0.39, 0.29) is 12.1 Å². The molecule has 4 bridgehead atoms. The summed E-state index contributed by atoms with van der Waals surface area (Å²) in [5.74, 6) is 4.22. The van der Waals surface area contributed by atoms with Gasteiger partial charge in [-0.15, -0.1) is 0 Å². The highest BCUT2D eigenvalue weighted by Gasteiger charge is 2.47. The van der Waals surface area contributed by atoms with Crippen molar-refractivity contribution in [2.45, 2.75) is 65.4 Å². The number of hydrogen-bond donors (Lipinski definition) is 0. The minimum atomic E-state index is -0.104. The summed E-state index contributed by atoms with van der Waals surface area (Å²) >= 11 is 0. The first-order chi connectivity index (χ1) is 9.56. The number of carbonyl (C=O) groups is 1. The molecule has 2 nitrogen and oxygen atoms in total. The minimum Gasteiger partial charge on any atom is -0.459 e. The molecule has 0 amide bonds. The molecule has 1 atom stereocenters. The summed E-state index contributed by atoms with van der Waals surface area (Å²) in [6.45, 7) is 5.96. The Morgan fingerprint density at radius 3 is 2.20 bits per heavy atom. The maximum Gasteiger partial charge on any atom is 0.333 e. The molecule has 0 aromatic rings. The first-order valence-corrected chi connectivity index (χ1v) is 8.46.